The van der Waals surface area contributed by atoms with Crippen LogP contribution in [0.1, 0.15) is 12.0 Å². The van der Waals surface area contributed by atoms with Crippen molar-refractivity contribution in [2.75, 3.05) is 5.33 Å². The average molecular weight is 231 g/mol. The van der Waals surface area contributed by atoms with Crippen molar-refractivity contribution >= 4 is 15.9 Å². The molecule has 0 atom stereocenters. The number of aromatic hydroxyl groups is 2. The van der Waals surface area contributed by atoms with Crippen molar-refractivity contribution in [2.24, 2.45) is 0 Å². The average Bonchev–Trinajstić information content (AvgIpc) is 2.03. The number of halogens is 1. The summed E-state index contributed by atoms with van der Waals surface area (Å²) in [6.07, 6.45) is 1.82. The zero-order chi connectivity index (χ0) is 8.97. The second kappa shape index (κ2) is 4.36. The molecule has 66 valence electrons. The van der Waals surface area contributed by atoms with Gasteiger partial charge in [0.05, 0.1) is 0 Å². The monoisotopic (exact) mass is 230 g/mol. The van der Waals surface area contributed by atoms with Gasteiger partial charge in [-0.15, -0.1) is 0 Å². The van der Waals surface area contributed by atoms with Crippen molar-refractivity contribution in [1.29, 1.82) is 0 Å². The first-order valence-electron chi connectivity index (χ1n) is 3.81. The molecular formula is C9H11BrO2. The third-order valence-electron chi connectivity index (χ3n) is 1.65. The number of phenols is 2. The van der Waals surface area contributed by atoms with Crippen LogP contribution in [0.5, 0.6) is 11.5 Å². The molecular weight excluding hydrogens is 220 g/mol. The van der Waals surface area contributed by atoms with Gasteiger partial charge in [-0.1, -0.05) is 22.0 Å². The fourth-order valence-corrected chi connectivity index (χ4v) is 1.30. The van der Waals surface area contributed by atoms with Crippen molar-refractivity contribution in [3.8, 4) is 11.5 Å². The molecule has 0 unspecified atom stereocenters. The smallest absolute Gasteiger partial charge is 0.122 e. The molecule has 0 aliphatic rings. The fraction of sp³-hybridized carbons (Fsp3) is 0.333. The van der Waals surface area contributed by atoms with E-state index in [9.17, 15) is 5.11 Å². The zero-order valence-electron chi connectivity index (χ0n) is 6.63. The molecule has 1 aromatic rings. The van der Waals surface area contributed by atoms with Gasteiger partial charge in [-0.25, -0.2) is 0 Å². The zero-order valence-corrected chi connectivity index (χ0v) is 8.21. The van der Waals surface area contributed by atoms with Gasteiger partial charge in [-0.2, -0.15) is 0 Å². The minimum absolute atomic E-state index is 0.107. The van der Waals surface area contributed by atoms with Crippen LogP contribution >= 0.6 is 15.9 Å². The Morgan fingerprint density at radius 2 is 2.00 bits per heavy atom. The molecule has 3 heteroatoms. The van der Waals surface area contributed by atoms with Gasteiger partial charge >= 0.3 is 0 Å². The van der Waals surface area contributed by atoms with E-state index >= 15 is 0 Å². The van der Waals surface area contributed by atoms with Crippen LogP contribution in [-0.4, -0.2) is 15.5 Å². The number of phenolic OH excluding ortho intramolecular Hbond substituents is 2. The largest absolute Gasteiger partial charge is 0.508 e. The normalized spacial score (nSPS) is 10.1. The van der Waals surface area contributed by atoms with E-state index in [1.165, 1.54) is 6.07 Å². The van der Waals surface area contributed by atoms with Crippen LogP contribution in [0.25, 0.3) is 0 Å². The number of rotatable bonds is 3. The molecule has 0 radical (unpaired) electrons. The predicted octanol–water partition coefficient (Wildman–Crippen LogP) is 2.43. The van der Waals surface area contributed by atoms with E-state index in [4.69, 9.17) is 5.11 Å². The van der Waals surface area contributed by atoms with Gasteiger partial charge in [0.1, 0.15) is 11.5 Å². The van der Waals surface area contributed by atoms with Crippen LogP contribution in [0.2, 0.25) is 0 Å². The summed E-state index contributed by atoms with van der Waals surface area (Å²) in [7, 11) is 0. The Hall–Kier alpha value is -0.700. The summed E-state index contributed by atoms with van der Waals surface area (Å²) in [4.78, 5) is 0. The molecule has 0 saturated heterocycles. The molecule has 0 saturated carbocycles. The van der Waals surface area contributed by atoms with E-state index in [0.717, 1.165) is 23.7 Å². The molecule has 0 bridgehead atoms. The highest BCUT2D eigenvalue weighted by molar-refractivity contribution is 9.09. The van der Waals surface area contributed by atoms with Crippen molar-refractivity contribution in [1.82, 2.24) is 0 Å². The lowest BCUT2D eigenvalue weighted by atomic mass is 10.1. The first kappa shape index (κ1) is 9.39. The minimum atomic E-state index is 0.107. The van der Waals surface area contributed by atoms with E-state index in [1.807, 2.05) is 0 Å². The van der Waals surface area contributed by atoms with E-state index in [2.05, 4.69) is 15.9 Å². The Morgan fingerprint density at radius 1 is 1.25 bits per heavy atom. The van der Waals surface area contributed by atoms with Crippen LogP contribution in [0.3, 0.4) is 0 Å². The summed E-state index contributed by atoms with van der Waals surface area (Å²) in [6.45, 7) is 0. The first-order valence-corrected chi connectivity index (χ1v) is 4.93. The highest BCUT2D eigenvalue weighted by Gasteiger charge is 2.00. The Labute approximate surface area is 80.0 Å². The molecule has 2 nitrogen and oxygen atoms in total. The summed E-state index contributed by atoms with van der Waals surface area (Å²) in [5.74, 6) is 0.283. The number of benzene rings is 1. The number of hydrogen-bond donors (Lipinski definition) is 2. The Bertz CT molecular complexity index is 261. The molecule has 0 heterocycles. The first-order chi connectivity index (χ1) is 5.74. The molecule has 0 spiro atoms. The van der Waals surface area contributed by atoms with Crippen molar-refractivity contribution < 1.29 is 10.2 Å². The molecule has 2 N–H and O–H groups in total. The standard InChI is InChI=1S/C9H11BrO2/c10-5-1-2-7-3-4-8(11)6-9(7)12/h3-4,6,11-12H,1-2,5H2. The lowest BCUT2D eigenvalue weighted by Gasteiger charge is -2.02. The molecule has 0 aromatic heterocycles. The molecule has 12 heavy (non-hydrogen) atoms. The third-order valence-corrected chi connectivity index (χ3v) is 2.21. The van der Waals surface area contributed by atoms with Gasteiger partial charge in [0.25, 0.3) is 0 Å². The molecule has 0 amide bonds. The van der Waals surface area contributed by atoms with Crippen LogP contribution < -0.4 is 0 Å². The van der Waals surface area contributed by atoms with Crippen LogP contribution in [-0.2, 0) is 6.42 Å². The lowest BCUT2D eigenvalue weighted by Crippen LogP contribution is -1.86. The second-order valence-corrected chi connectivity index (χ2v) is 3.40. The highest BCUT2D eigenvalue weighted by Crippen LogP contribution is 2.23. The van der Waals surface area contributed by atoms with Crippen LogP contribution in [0.15, 0.2) is 18.2 Å². The van der Waals surface area contributed by atoms with Crippen LogP contribution in [0, 0.1) is 0 Å². The molecule has 0 aliphatic heterocycles. The van der Waals surface area contributed by atoms with Gasteiger partial charge in [0.15, 0.2) is 0 Å². The predicted molar refractivity (Wildman–Crippen MR) is 51.9 cm³/mol. The maximum absolute atomic E-state index is 9.34. The molecule has 1 aromatic carbocycles. The van der Waals surface area contributed by atoms with E-state index < -0.39 is 0 Å². The summed E-state index contributed by atoms with van der Waals surface area (Å²) in [5, 5.41) is 19.3. The third kappa shape index (κ3) is 2.41. The van der Waals surface area contributed by atoms with Gasteiger partial charge < -0.3 is 10.2 Å². The maximum Gasteiger partial charge on any atom is 0.122 e. The number of aryl methyl sites for hydroxylation is 1. The van der Waals surface area contributed by atoms with Gasteiger partial charge in [-0.3, -0.25) is 0 Å². The topological polar surface area (TPSA) is 40.5 Å². The number of hydrogen-bond acceptors (Lipinski definition) is 2. The Morgan fingerprint density at radius 3 is 2.58 bits per heavy atom. The lowest BCUT2D eigenvalue weighted by molar-refractivity contribution is 0.445. The van der Waals surface area contributed by atoms with E-state index in [-0.39, 0.29) is 11.5 Å². The van der Waals surface area contributed by atoms with Gasteiger partial charge in [-0.05, 0) is 24.5 Å². The quantitative estimate of drug-likeness (QED) is 0.784. The van der Waals surface area contributed by atoms with Crippen molar-refractivity contribution in [3.63, 3.8) is 0 Å². The van der Waals surface area contributed by atoms with Crippen LogP contribution in [0.4, 0.5) is 0 Å². The fourth-order valence-electron chi connectivity index (χ4n) is 1.02. The molecule has 1 rings (SSSR count). The number of alkyl halides is 1. The second-order valence-electron chi connectivity index (χ2n) is 2.61. The Kier molecular flexibility index (Phi) is 3.41. The summed E-state index contributed by atoms with van der Waals surface area (Å²) in [6, 6.07) is 4.69. The summed E-state index contributed by atoms with van der Waals surface area (Å²) < 4.78 is 0. The minimum Gasteiger partial charge on any atom is -0.508 e. The van der Waals surface area contributed by atoms with E-state index in [0.29, 0.717) is 0 Å². The van der Waals surface area contributed by atoms with Gasteiger partial charge in [0, 0.05) is 11.4 Å². The summed E-state index contributed by atoms with van der Waals surface area (Å²) >= 11 is 3.31. The van der Waals surface area contributed by atoms with Crippen molar-refractivity contribution in [3.05, 3.63) is 23.8 Å². The van der Waals surface area contributed by atoms with Gasteiger partial charge in [0.2, 0.25) is 0 Å². The Balaban J connectivity index is 2.72. The highest BCUT2D eigenvalue weighted by atomic mass is 79.9. The maximum atomic E-state index is 9.34. The molecule has 0 aliphatic carbocycles. The van der Waals surface area contributed by atoms with E-state index in [1.54, 1.807) is 12.1 Å². The SMILES string of the molecule is Oc1ccc(CCCBr)c(O)c1. The van der Waals surface area contributed by atoms with Crippen molar-refractivity contribution in [2.45, 2.75) is 12.8 Å². The molecule has 0 fully saturated rings. The summed E-state index contributed by atoms with van der Waals surface area (Å²) in [5.41, 5.74) is 0.882.